The van der Waals surface area contributed by atoms with Gasteiger partial charge in [-0.3, -0.25) is 4.79 Å². The number of hydrogen-bond acceptors (Lipinski definition) is 4. The summed E-state index contributed by atoms with van der Waals surface area (Å²) in [5.41, 5.74) is 10.8. The van der Waals surface area contributed by atoms with E-state index >= 15 is 4.39 Å². The summed E-state index contributed by atoms with van der Waals surface area (Å²) in [6, 6.07) is 9.78. The largest absolute Gasteiger partial charge is 0.334 e. The van der Waals surface area contributed by atoms with E-state index in [0.717, 1.165) is 36.1 Å². The summed E-state index contributed by atoms with van der Waals surface area (Å²) in [5.74, 6) is 1.68. The number of amides is 1. The van der Waals surface area contributed by atoms with Crippen LogP contribution in [0, 0.1) is 17.7 Å². The molecule has 3 aromatic heterocycles. The van der Waals surface area contributed by atoms with Gasteiger partial charge in [-0.05, 0) is 80.7 Å². The van der Waals surface area contributed by atoms with Gasteiger partial charge >= 0.3 is 0 Å². The van der Waals surface area contributed by atoms with Crippen LogP contribution in [-0.4, -0.2) is 48.5 Å². The molecule has 0 radical (unpaired) electrons. The highest BCUT2D eigenvalue weighted by Crippen LogP contribution is 2.40. The van der Waals surface area contributed by atoms with Crippen LogP contribution in [0.3, 0.4) is 0 Å². The minimum absolute atomic E-state index is 0.0274. The molecule has 4 aromatic rings. The molecule has 4 aliphatic rings. The SMILES string of the molecule is Cn1c(-c2cc3ccc(C4CCCCC4)nc3n2CC2CC2)nc2cc(C(=O)N3C[C@H]4CC[C@@H]3[C@@H]4N)cc(F)c21. The van der Waals surface area contributed by atoms with E-state index in [4.69, 9.17) is 15.7 Å². The molecule has 3 atom stereocenters. The first-order valence-electron chi connectivity index (χ1n) is 15.2. The summed E-state index contributed by atoms with van der Waals surface area (Å²) < 4.78 is 19.8. The number of likely N-dealkylation sites (tertiary alicyclic amines) is 1. The number of hydrogen-bond donors (Lipinski definition) is 1. The maximum atomic E-state index is 15.7. The van der Waals surface area contributed by atoms with E-state index < -0.39 is 5.82 Å². The fourth-order valence-corrected chi connectivity index (χ4v) is 7.79. The zero-order chi connectivity index (χ0) is 27.1. The summed E-state index contributed by atoms with van der Waals surface area (Å²) in [7, 11) is 1.87. The van der Waals surface area contributed by atoms with Gasteiger partial charge in [0.15, 0.2) is 5.82 Å². The minimum Gasteiger partial charge on any atom is -0.334 e. The van der Waals surface area contributed by atoms with Gasteiger partial charge in [0.2, 0.25) is 0 Å². The summed E-state index contributed by atoms with van der Waals surface area (Å²) in [6.45, 7) is 1.56. The number of fused-ring (bicyclic) bond motifs is 4. The Morgan fingerprint density at radius 2 is 1.85 bits per heavy atom. The molecule has 4 fully saturated rings. The van der Waals surface area contributed by atoms with E-state index in [1.807, 2.05) is 16.5 Å². The smallest absolute Gasteiger partial charge is 0.254 e. The summed E-state index contributed by atoms with van der Waals surface area (Å²) in [6.07, 6.45) is 10.8. The number of aromatic nitrogens is 4. The van der Waals surface area contributed by atoms with E-state index in [0.29, 0.717) is 46.7 Å². The van der Waals surface area contributed by atoms with Crippen LogP contribution in [0.1, 0.15) is 79.8 Å². The molecule has 4 heterocycles. The molecule has 1 aromatic carbocycles. The number of pyridine rings is 1. The molecule has 3 aliphatic carbocycles. The predicted octanol–water partition coefficient (Wildman–Crippen LogP) is 5.75. The Labute approximate surface area is 233 Å². The molecule has 1 aliphatic heterocycles. The number of carbonyl (C=O) groups excluding carboxylic acids is 1. The van der Waals surface area contributed by atoms with Crippen LogP contribution in [0.5, 0.6) is 0 Å². The summed E-state index contributed by atoms with van der Waals surface area (Å²) in [5, 5.41) is 1.10. The number of benzene rings is 1. The second-order valence-electron chi connectivity index (χ2n) is 12.8. The van der Waals surface area contributed by atoms with Crippen LogP contribution in [-0.2, 0) is 13.6 Å². The highest BCUT2D eigenvalue weighted by atomic mass is 19.1. The quantitative estimate of drug-likeness (QED) is 0.350. The van der Waals surface area contributed by atoms with Gasteiger partial charge in [0.1, 0.15) is 17.0 Å². The van der Waals surface area contributed by atoms with E-state index in [9.17, 15) is 4.79 Å². The monoisotopic (exact) mass is 540 g/mol. The van der Waals surface area contributed by atoms with E-state index in [2.05, 4.69) is 22.8 Å². The van der Waals surface area contributed by atoms with Crippen molar-refractivity contribution in [2.75, 3.05) is 6.54 Å². The topological polar surface area (TPSA) is 82.0 Å². The lowest BCUT2D eigenvalue weighted by atomic mass is 9.86. The number of halogens is 1. The van der Waals surface area contributed by atoms with Gasteiger partial charge in [0, 0.05) is 54.8 Å². The van der Waals surface area contributed by atoms with Crippen LogP contribution in [0.15, 0.2) is 30.3 Å². The Hall–Kier alpha value is -3.26. The second kappa shape index (κ2) is 9.13. The number of rotatable bonds is 5. The zero-order valence-electron chi connectivity index (χ0n) is 23.2. The normalized spacial score (nSPS) is 25.1. The third-order valence-corrected chi connectivity index (χ3v) is 10.2. The number of imidazole rings is 1. The minimum atomic E-state index is -0.418. The Morgan fingerprint density at radius 3 is 2.58 bits per heavy atom. The molecule has 1 amide bonds. The summed E-state index contributed by atoms with van der Waals surface area (Å²) >= 11 is 0. The van der Waals surface area contributed by atoms with Crippen molar-refractivity contribution in [3.8, 4) is 11.5 Å². The zero-order valence-corrected chi connectivity index (χ0v) is 23.2. The van der Waals surface area contributed by atoms with Gasteiger partial charge in [-0.2, -0.15) is 0 Å². The Morgan fingerprint density at radius 1 is 1.02 bits per heavy atom. The van der Waals surface area contributed by atoms with Crippen molar-refractivity contribution in [1.82, 2.24) is 24.0 Å². The van der Waals surface area contributed by atoms with Crippen molar-refractivity contribution >= 4 is 28.0 Å². The Bertz CT molecular complexity index is 1640. The van der Waals surface area contributed by atoms with Crippen molar-refractivity contribution in [2.45, 2.75) is 82.3 Å². The molecule has 0 spiro atoms. The number of carbonyl (C=O) groups is 1. The number of nitrogens with two attached hydrogens (primary N) is 1. The average Bonchev–Trinajstić information content (AvgIpc) is 3.37. The van der Waals surface area contributed by atoms with Crippen molar-refractivity contribution in [3.63, 3.8) is 0 Å². The molecule has 2 bridgehead atoms. The van der Waals surface area contributed by atoms with Gasteiger partial charge in [-0.1, -0.05) is 19.3 Å². The number of nitrogens with zero attached hydrogens (tertiary/aromatic N) is 5. The molecule has 7 nitrogen and oxygen atoms in total. The maximum absolute atomic E-state index is 15.7. The molecular formula is C32H37FN6O. The first-order chi connectivity index (χ1) is 19.5. The predicted molar refractivity (Wildman–Crippen MR) is 153 cm³/mol. The molecule has 0 unspecified atom stereocenters. The fourth-order valence-electron chi connectivity index (χ4n) is 7.79. The van der Waals surface area contributed by atoms with Crippen molar-refractivity contribution < 1.29 is 9.18 Å². The third kappa shape index (κ3) is 3.82. The van der Waals surface area contributed by atoms with Crippen molar-refractivity contribution in [2.24, 2.45) is 24.6 Å². The molecule has 8 rings (SSSR count). The maximum Gasteiger partial charge on any atom is 0.254 e. The van der Waals surface area contributed by atoms with Crippen LogP contribution in [0.25, 0.3) is 33.6 Å². The van der Waals surface area contributed by atoms with Gasteiger partial charge in [0.25, 0.3) is 5.91 Å². The molecular weight excluding hydrogens is 503 g/mol. The molecule has 40 heavy (non-hydrogen) atoms. The molecule has 1 saturated heterocycles. The van der Waals surface area contributed by atoms with Crippen LogP contribution >= 0.6 is 0 Å². The lowest BCUT2D eigenvalue weighted by Gasteiger charge is -2.27. The van der Waals surface area contributed by atoms with Gasteiger partial charge in [-0.25, -0.2) is 14.4 Å². The highest BCUT2D eigenvalue weighted by molar-refractivity contribution is 5.98. The Balaban J connectivity index is 1.21. The molecule has 8 heteroatoms. The van der Waals surface area contributed by atoms with Gasteiger partial charge in [0.05, 0.1) is 11.2 Å². The van der Waals surface area contributed by atoms with E-state index in [1.54, 1.807) is 6.07 Å². The van der Waals surface area contributed by atoms with Crippen molar-refractivity contribution in [1.29, 1.82) is 0 Å². The third-order valence-electron chi connectivity index (χ3n) is 10.2. The molecule has 208 valence electrons. The Kier molecular flexibility index (Phi) is 5.60. The van der Waals surface area contributed by atoms with Gasteiger partial charge < -0.3 is 19.8 Å². The summed E-state index contributed by atoms with van der Waals surface area (Å²) in [4.78, 5) is 25.5. The average molecular weight is 541 g/mol. The van der Waals surface area contributed by atoms with Crippen LogP contribution in [0.2, 0.25) is 0 Å². The molecule has 2 N–H and O–H groups in total. The first kappa shape index (κ1) is 24.5. The van der Waals surface area contributed by atoms with Gasteiger partial charge in [-0.15, -0.1) is 0 Å². The molecule has 3 saturated carbocycles. The first-order valence-corrected chi connectivity index (χ1v) is 15.2. The van der Waals surface area contributed by atoms with E-state index in [-0.39, 0.29) is 18.0 Å². The number of aryl methyl sites for hydroxylation is 1. The highest BCUT2D eigenvalue weighted by Gasteiger charge is 2.47. The standard InChI is InChI=1S/C32H37FN6O/c1-37-29-23(33)13-22(32(40)39-17-21-10-12-26(39)28(21)34)14-25(29)36-31(37)27-15-20-9-11-24(19-5-3-2-4-6-19)35-30(20)38(27)16-18-7-8-18/h9,11,13-15,18-19,21,26,28H,2-8,10,12,16-17,34H2,1H3/t21-,26-,28-/m1/s1. The van der Waals surface area contributed by atoms with Crippen LogP contribution in [0.4, 0.5) is 4.39 Å². The lowest BCUT2D eigenvalue weighted by Crippen LogP contribution is -2.41. The van der Waals surface area contributed by atoms with E-state index in [1.165, 1.54) is 56.7 Å². The number of piperidine rings is 1. The lowest BCUT2D eigenvalue weighted by molar-refractivity contribution is 0.0700. The fraction of sp³-hybridized carbons (Fsp3) is 0.531. The second-order valence-corrected chi connectivity index (χ2v) is 12.8. The van der Waals surface area contributed by atoms with Crippen LogP contribution < -0.4 is 5.73 Å². The van der Waals surface area contributed by atoms with Crippen molar-refractivity contribution in [3.05, 3.63) is 47.4 Å².